The van der Waals surface area contributed by atoms with Crippen molar-refractivity contribution in [1.82, 2.24) is 10.6 Å². The molecule has 6 nitrogen and oxygen atoms in total. The number of hydrogen-bond donors (Lipinski definition) is 2. The number of hydrogen-bond acceptors (Lipinski definition) is 4. The standard InChI is InChI=1S/C23H34N2O4/c1-2-3-4-5-6-7-8-12-15-29-21(26)17-20-23(28)24-19(22(27)25-20)16-18-13-10-9-11-14-18/h9-11,13-14,19-20H,2-8,12,15-17H2,1H3,(H,24,28)(H,25,27). The molecule has 0 bridgehead atoms. The van der Waals surface area contributed by atoms with Gasteiger partial charge in [0, 0.05) is 6.42 Å². The van der Waals surface area contributed by atoms with Crippen molar-refractivity contribution in [3.8, 4) is 0 Å². The Balaban J connectivity index is 1.60. The highest BCUT2D eigenvalue weighted by molar-refractivity contribution is 5.98. The lowest BCUT2D eigenvalue weighted by molar-refractivity contribution is -0.147. The summed E-state index contributed by atoms with van der Waals surface area (Å²) < 4.78 is 5.23. The lowest BCUT2D eigenvalue weighted by atomic mass is 10.0. The van der Waals surface area contributed by atoms with E-state index in [9.17, 15) is 14.4 Å². The Bertz CT molecular complexity index is 648. The van der Waals surface area contributed by atoms with E-state index in [1.165, 1.54) is 32.1 Å². The third-order valence-corrected chi connectivity index (χ3v) is 5.18. The highest BCUT2D eigenvalue weighted by atomic mass is 16.5. The van der Waals surface area contributed by atoms with E-state index in [2.05, 4.69) is 17.6 Å². The zero-order chi connectivity index (χ0) is 20.9. The molecule has 0 aliphatic carbocycles. The van der Waals surface area contributed by atoms with Crippen LogP contribution in [0.15, 0.2) is 30.3 Å². The first kappa shape index (κ1) is 22.9. The number of ether oxygens (including phenoxy) is 1. The van der Waals surface area contributed by atoms with Crippen molar-refractivity contribution >= 4 is 17.8 Å². The molecule has 0 aromatic heterocycles. The molecular formula is C23H34N2O4. The van der Waals surface area contributed by atoms with E-state index in [0.29, 0.717) is 13.0 Å². The van der Waals surface area contributed by atoms with E-state index >= 15 is 0 Å². The first-order valence-electron chi connectivity index (χ1n) is 10.9. The normalized spacial score (nSPS) is 18.8. The van der Waals surface area contributed by atoms with E-state index in [1.54, 1.807) is 0 Å². The van der Waals surface area contributed by atoms with Crippen LogP contribution in [-0.2, 0) is 25.5 Å². The number of carbonyl (C=O) groups is 3. The van der Waals surface area contributed by atoms with Crippen LogP contribution in [-0.4, -0.2) is 36.5 Å². The summed E-state index contributed by atoms with van der Waals surface area (Å²) in [6, 6.07) is 8.03. The Morgan fingerprint density at radius 1 is 0.862 bits per heavy atom. The van der Waals surface area contributed by atoms with Gasteiger partial charge in [0.15, 0.2) is 0 Å². The largest absolute Gasteiger partial charge is 0.466 e. The molecule has 2 atom stereocenters. The molecule has 1 aliphatic rings. The second-order valence-electron chi connectivity index (χ2n) is 7.71. The molecule has 1 fully saturated rings. The zero-order valence-electron chi connectivity index (χ0n) is 17.5. The monoisotopic (exact) mass is 402 g/mol. The molecule has 2 amide bonds. The van der Waals surface area contributed by atoms with E-state index < -0.39 is 18.1 Å². The summed E-state index contributed by atoms with van der Waals surface area (Å²) in [5.41, 5.74) is 0.969. The van der Waals surface area contributed by atoms with Crippen LogP contribution >= 0.6 is 0 Å². The zero-order valence-corrected chi connectivity index (χ0v) is 17.5. The van der Waals surface area contributed by atoms with Crippen LogP contribution in [0.3, 0.4) is 0 Å². The summed E-state index contributed by atoms with van der Waals surface area (Å²) >= 11 is 0. The van der Waals surface area contributed by atoms with E-state index in [0.717, 1.165) is 24.8 Å². The van der Waals surface area contributed by atoms with E-state index in [1.807, 2.05) is 30.3 Å². The summed E-state index contributed by atoms with van der Waals surface area (Å²) in [6.07, 6.45) is 9.68. The minimum Gasteiger partial charge on any atom is -0.466 e. The van der Waals surface area contributed by atoms with Gasteiger partial charge in [-0.2, -0.15) is 0 Å². The highest BCUT2D eigenvalue weighted by Crippen LogP contribution is 2.10. The van der Waals surface area contributed by atoms with Crippen LogP contribution < -0.4 is 10.6 Å². The number of rotatable bonds is 13. The second-order valence-corrected chi connectivity index (χ2v) is 7.71. The number of piperazine rings is 1. The van der Waals surface area contributed by atoms with Crippen LogP contribution in [0.4, 0.5) is 0 Å². The molecule has 0 radical (unpaired) electrons. The molecule has 1 saturated heterocycles. The van der Waals surface area contributed by atoms with Crippen molar-refractivity contribution in [2.45, 2.75) is 83.2 Å². The van der Waals surface area contributed by atoms with E-state index in [4.69, 9.17) is 4.74 Å². The molecule has 2 unspecified atom stereocenters. The summed E-state index contributed by atoms with van der Waals surface area (Å²) in [4.78, 5) is 36.5. The van der Waals surface area contributed by atoms with Crippen LogP contribution in [0.2, 0.25) is 0 Å². The van der Waals surface area contributed by atoms with Gasteiger partial charge in [0.05, 0.1) is 13.0 Å². The molecule has 0 spiro atoms. The third-order valence-electron chi connectivity index (χ3n) is 5.18. The first-order valence-corrected chi connectivity index (χ1v) is 10.9. The number of nitrogens with one attached hydrogen (secondary N) is 2. The summed E-state index contributed by atoms with van der Waals surface area (Å²) in [5, 5.41) is 5.37. The Morgan fingerprint density at radius 3 is 2.14 bits per heavy atom. The molecule has 6 heteroatoms. The average Bonchev–Trinajstić information content (AvgIpc) is 2.71. The average molecular weight is 403 g/mol. The van der Waals surface area contributed by atoms with Crippen molar-refractivity contribution < 1.29 is 19.1 Å². The highest BCUT2D eigenvalue weighted by Gasteiger charge is 2.35. The molecule has 1 aromatic rings. The van der Waals surface area contributed by atoms with Gasteiger partial charge in [0.25, 0.3) is 0 Å². The molecule has 29 heavy (non-hydrogen) atoms. The van der Waals surface area contributed by atoms with Crippen LogP contribution in [0.1, 0.15) is 70.3 Å². The topological polar surface area (TPSA) is 84.5 Å². The van der Waals surface area contributed by atoms with E-state index in [-0.39, 0.29) is 18.2 Å². The number of carbonyl (C=O) groups excluding carboxylic acids is 3. The minimum absolute atomic E-state index is 0.132. The predicted molar refractivity (Wildman–Crippen MR) is 112 cm³/mol. The number of benzene rings is 1. The first-order chi connectivity index (χ1) is 14.1. The van der Waals surface area contributed by atoms with Crippen LogP contribution in [0.5, 0.6) is 0 Å². The van der Waals surface area contributed by atoms with Gasteiger partial charge in [-0.1, -0.05) is 82.2 Å². The van der Waals surface area contributed by atoms with Gasteiger partial charge in [-0.3, -0.25) is 14.4 Å². The Hall–Kier alpha value is -2.37. The fourth-order valence-electron chi connectivity index (χ4n) is 3.46. The van der Waals surface area contributed by atoms with Crippen molar-refractivity contribution in [3.63, 3.8) is 0 Å². The quantitative estimate of drug-likeness (QED) is 0.392. The molecule has 2 rings (SSSR count). The van der Waals surface area contributed by atoms with Gasteiger partial charge in [0.2, 0.25) is 11.8 Å². The Morgan fingerprint density at radius 2 is 1.45 bits per heavy atom. The summed E-state index contributed by atoms with van der Waals surface area (Å²) in [7, 11) is 0. The van der Waals surface area contributed by atoms with Gasteiger partial charge >= 0.3 is 5.97 Å². The van der Waals surface area contributed by atoms with Crippen molar-refractivity contribution in [2.24, 2.45) is 0 Å². The van der Waals surface area contributed by atoms with Gasteiger partial charge in [-0.25, -0.2) is 0 Å². The van der Waals surface area contributed by atoms with Crippen LogP contribution in [0, 0.1) is 0 Å². The van der Waals surface area contributed by atoms with Crippen molar-refractivity contribution in [2.75, 3.05) is 6.61 Å². The van der Waals surface area contributed by atoms with Crippen molar-refractivity contribution in [1.29, 1.82) is 0 Å². The van der Waals surface area contributed by atoms with Crippen LogP contribution in [0.25, 0.3) is 0 Å². The molecule has 1 heterocycles. The fraction of sp³-hybridized carbons (Fsp3) is 0.609. The maximum Gasteiger partial charge on any atom is 0.308 e. The molecule has 2 N–H and O–H groups in total. The Labute approximate surface area is 173 Å². The third kappa shape index (κ3) is 8.67. The maximum absolute atomic E-state index is 12.3. The summed E-state index contributed by atoms with van der Waals surface area (Å²) in [5.74, 6) is -1.06. The lowest BCUT2D eigenvalue weighted by Crippen LogP contribution is -2.62. The molecule has 160 valence electrons. The molecule has 1 aliphatic heterocycles. The summed E-state index contributed by atoms with van der Waals surface area (Å²) in [6.45, 7) is 2.58. The van der Waals surface area contributed by atoms with Gasteiger partial charge in [-0.05, 0) is 12.0 Å². The lowest BCUT2D eigenvalue weighted by Gasteiger charge is -2.29. The maximum atomic E-state index is 12.3. The van der Waals surface area contributed by atoms with Gasteiger partial charge in [-0.15, -0.1) is 0 Å². The second kappa shape index (κ2) is 13.0. The minimum atomic E-state index is -0.861. The fourth-order valence-corrected chi connectivity index (χ4v) is 3.46. The number of unbranched alkanes of at least 4 members (excludes halogenated alkanes) is 7. The molecule has 0 saturated carbocycles. The number of esters is 1. The van der Waals surface area contributed by atoms with Crippen molar-refractivity contribution in [3.05, 3.63) is 35.9 Å². The predicted octanol–water partition coefficient (Wildman–Crippen LogP) is 3.29. The Kier molecular flexibility index (Phi) is 10.2. The molecule has 1 aromatic carbocycles. The van der Waals surface area contributed by atoms with Gasteiger partial charge < -0.3 is 15.4 Å². The number of amides is 2. The van der Waals surface area contributed by atoms with Gasteiger partial charge in [0.1, 0.15) is 12.1 Å². The smallest absolute Gasteiger partial charge is 0.308 e. The SMILES string of the molecule is CCCCCCCCCCOC(=O)CC1NC(=O)C(Cc2ccccc2)NC1=O. The molecular weight excluding hydrogens is 368 g/mol.